The van der Waals surface area contributed by atoms with Crippen LogP contribution in [0.1, 0.15) is 43.2 Å². The van der Waals surface area contributed by atoms with Crippen LogP contribution in [0.15, 0.2) is 28.9 Å². The van der Waals surface area contributed by atoms with Gasteiger partial charge in [0.1, 0.15) is 0 Å². The number of hydrogen-bond donors (Lipinski definition) is 1. The summed E-state index contributed by atoms with van der Waals surface area (Å²) in [7, 11) is 0. The molecule has 1 aliphatic rings. The predicted molar refractivity (Wildman–Crippen MR) is 119 cm³/mol. The van der Waals surface area contributed by atoms with E-state index in [1.54, 1.807) is 18.3 Å². The molecule has 0 fully saturated rings. The van der Waals surface area contributed by atoms with E-state index < -0.39 is 0 Å². The van der Waals surface area contributed by atoms with E-state index in [4.69, 9.17) is 11.6 Å². The van der Waals surface area contributed by atoms with Gasteiger partial charge in [-0.05, 0) is 57.2 Å². The van der Waals surface area contributed by atoms with Gasteiger partial charge >= 0.3 is 0 Å². The summed E-state index contributed by atoms with van der Waals surface area (Å²) < 4.78 is 2.13. The zero-order valence-corrected chi connectivity index (χ0v) is 18.7. The molecule has 1 amide bonds. The van der Waals surface area contributed by atoms with E-state index in [0.29, 0.717) is 5.69 Å². The Hall–Kier alpha value is -1.90. The van der Waals surface area contributed by atoms with Gasteiger partial charge in [0.15, 0.2) is 16.1 Å². The van der Waals surface area contributed by atoms with Gasteiger partial charge in [-0.3, -0.25) is 9.36 Å². The van der Waals surface area contributed by atoms with Crippen LogP contribution in [-0.2, 0) is 17.6 Å². The van der Waals surface area contributed by atoms with Crippen LogP contribution in [0.4, 0.5) is 5.69 Å². The standard InChI is InChI=1S/C20H22ClN5OS2/c1-12(2)26-19(14-10-28-16-8-4-3-6-13(14)16)24-25-20(26)29-11-17(27)23-15-7-5-9-22-18(15)21/h5,7,9-10,12H,3-4,6,8,11H2,1-2H3,(H,23,27). The molecule has 9 heteroatoms. The third-order valence-corrected chi connectivity index (χ3v) is 7.18. The summed E-state index contributed by atoms with van der Waals surface area (Å²) in [6.07, 6.45) is 6.35. The SMILES string of the molecule is CC(C)n1c(SCC(=O)Nc2cccnc2Cl)nnc1-c1csc2c1CCCC2. The molecule has 3 aromatic rings. The Labute approximate surface area is 183 Å². The number of aromatic nitrogens is 4. The Kier molecular flexibility index (Phi) is 6.22. The number of anilines is 1. The van der Waals surface area contributed by atoms with E-state index in [2.05, 4.69) is 44.3 Å². The van der Waals surface area contributed by atoms with Gasteiger partial charge in [0.25, 0.3) is 0 Å². The number of nitrogens with one attached hydrogen (secondary N) is 1. The number of halogens is 1. The molecule has 0 spiro atoms. The number of aryl methyl sites for hydroxylation is 1. The predicted octanol–water partition coefficient (Wildman–Crippen LogP) is 5.25. The molecule has 0 saturated heterocycles. The zero-order valence-electron chi connectivity index (χ0n) is 16.3. The van der Waals surface area contributed by atoms with Crippen molar-refractivity contribution in [2.45, 2.75) is 50.7 Å². The average Bonchev–Trinajstić information content (AvgIpc) is 3.32. The molecule has 29 heavy (non-hydrogen) atoms. The summed E-state index contributed by atoms with van der Waals surface area (Å²) in [5.41, 5.74) is 3.14. The van der Waals surface area contributed by atoms with Crippen molar-refractivity contribution in [2.24, 2.45) is 0 Å². The molecule has 1 N–H and O–H groups in total. The van der Waals surface area contributed by atoms with E-state index in [-0.39, 0.29) is 22.9 Å². The van der Waals surface area contributed by atoms with Crippen LogP contribution >= 0.6 is 34.7 Å². The second kappa shape index (κ2) is 8.85. The lowest BCUT2D eigenvalue weighted by atomic mass is 9.95. The highest BCUT2D eigenvalue weighted by molar-refractivity contribution is 7.99. The van der Waals surface area contributed by atoms with Crippen LogP contribution in [-0.4, -0.2) is 31.4 Å². The maximum atomic E-state index is 12.4. The number of pyridine rings is 1. The Morgan fingerprint density at radius 1 is 1.34 bits per heavy atom. The van der Waals surface area contributed by atoms with Crippen molar-refractivity contribution in [2.75, 3.05) is 11.1 Å². The van der Waals surface area contributed by atoms with E-state index in [0.717, 1.165) is 23.8 Å². The highest BCUT2D eigenvalue weighted by Crippen LogP contribution is 2.37. The summed E-state index contributed by atoms with van der Waals surface area (Å²) >= 11 is 9.22. The minimum atomic E-state index is -0.155. The second-order valence-corrected chi connectivity index (χ2v) is 9.47. The van der Waals surface area contributed by atoms with Crippen molar-refractivity contribution >= 4 is 46.3 Å². The summed E-state index contributed by atoms with van der Waals surface area (Å²) in [5, 5.41) is 14.9. The normalized spacial score (nSPS) is 13.5. The fourth-order valence-electron chi connectivity index (χ4n) is 3.50. The van der Waals surface area contributed by atoms with Crippen molar-refractivity contribution in [3.05, 3.63) is 39.3 Å². The largest absolute Gasteiger partial charge is 0.323 e. The van der Waals surface area contributed by atoms with Gasteiger partial charge in [-0.25, -0.2) is 4.98 Å². The third-order valence-electron chi connectivity index (χ3n) is 4.85. The average molecular weight is 448 g/mol. The number of carbonyl (C=O) groups is 1. The molecule has 0 aliphatic heterocycles. The Bertz CT molecular complexity index is 1030. The van der Waals surface area contributed by atoms with Gasteiger partial charge in [-0.15, -0.1) is 21.5 Å². The number of hydrogen-bond acceptors (Lipinski definition) is 6. The van der Waals surface area contributed by atoms with Gasteiger partial charge < -0.3 is 5.32 Å². The molecule has 3 aromatic heterocycles. The molecule has 6 nitrogen and oxygen atoms in total. The van der Waals surface area contributed by atoms with Crippen molar-refractivity contribution in [1.82, 2.24) is 19.7 Å². The first-order valence-corrected chi connectivity index (χ1v) is 11.9. The first kappa shape index (κ1) is 20.4. The molecule has 3 heterocycles. The monoisotopic (exact) mass is 447 g/mol. The van der Waals surface area contributed by atoms with Crippen LogP contribution < -0.4 is 5.32 Å². The molecule has 152 valence electrons. The lowest BCUT2D eigenvalue weighted by molar-refractivity contribution is -0.113. The van der Waals surface area contributed by atoms with Crippen LogP contribution in [0.2, 0.25) is 5.15 Å². The lowest BCUT2D eigenvalue weighted by Gasteiger charge is -2.16. The summed E-state index contributed by atoms with van der Waals surface area (Å²) in [4.78, 5) is 17.8. The number of thioether (sulfide) groups is 1. The summed E-state index contributed by atoms with van der Waals surface area (Å²) in [6.45, 7) is 4.23. The quantitative estimate of drug-likeness (QED) is 0.413. The highest BCUT2D eigenvalue weighted by atomic mass is 35.5. The minimum absolute atomic E-state index is 0.155. The van der Waals surface area contributed by atoms with Crippen LogP contribution in [0.3, 0.4) is 0 Å². The Morgan fingerprint density at radius 3 is 2.97 bits per heavy atom. The molecular weight excluding hydrogens is 426 g/mol. The number of nitrogens with zero attached hydrogens (tertiary/aromatic N) is 4. The van der Waals surface area contributed by atoms with Gasteiger partial charge in [-0.1, -0.05) is 23.4 Å². The van der Waals surface area contributed by atoms with E-state index in [1.165, 1.54) is 40.6 Å². The minimum Gasteiger partial charge on any atom is -0.323 e. The second-order valence-electron chi connectivity index (χ2n) is 7.21. The number of fused-ring (bicyclic) bond motifs is 1. The maximum absolute atomic E-state index is 12.4. The fourth-order valence-corrected chi connectivity index (χ4v) is 5.66. The van der Waals surface area contributed by atoms with Crippen molar-refractivity contribution in [1.29, 1.82) is 0 Å². The van der Waals surface area contributed by atoms with Gasteiger partial charge in [0.2, 0.25) is 5.91 Å². The molecule has 0 saturated carbocycles. The lowest BCUT2D eigenvalue weighted by Crippen LogP contribution is -2.15. The Balaban J connectivity index is 1.52. The molecule has 0 radical (unpaired) electrons. The number of thiophene rings is 1. The first-order chi connectivity index (χ1) is 14.0. The van der Waals surface area contributed by atoms with Gasteiger partial charge in [-0.2, -0.15) is 0 Å². The fraction of sp³-hybridized carbons (Fsp3) is 0.400. The van der Waals surface area contributed by atoms with E-state index in [9.17, 15) is 4.79 Å². The topological polar surface area (TPSA) is 72.7 Å². The zero-order chi connectivity index (χ0) is 20.4. The van der Waals surface area contributed by atoms with Crippen molar-refractivity contribution in [3.63, 3.8) is 0 Å². The molecule has 0 unspecified atom stereocenters. The van der Waals surface area contributed by atoms with Crippen molar-refractivity contribution in [3.8, 4) is 11.4 Å². The summed E-state index contributed by atoms with van der Waals surface area (Å²) in [6, 6.07) is 3.65. The molecule has 4 rings (SSSR count). The molecule has 1 aliphatic carbocycles. The molecule has 0 bridgehead atoms. The van der Waals surface area contributed by atoms with Gasteiger partial charge in [0, 0.05) is 28.1 Å². The van der Waals surface area contributed by atoms with Crippen molar-refractivity contribution < 1.29 is 4.79 Å². The summed E-state index contributed by atoms with van der Waals surface area (Å²) in [5.74, 6) is 0.966. The number of rotatable bonds is 6. The van der Waals surface area contributed by atoms with Gasteiger partial charge in [0.05, 0.1) is 11.4 Å². The van der Waals surface area contributed by atoms with E-state index >= 15 is 0 Å². The van der Waals surface area contributed by atoms with Crippen LogP contribution in [0.5, 0.6) is 0 Å². The molecular formula is C20H22ClN5OS2. The van der Waals surface area contributed by atoms with E-state index in [1.807, 2.05) is 11.3 Å². The first-order valence-electron chi connectivity index (χ1n) is 9.62. The third kappa shape index (κ3) is 4.34. The number of amides is 1. The smallest absolute Gasteiger partial charge is 0.234 e. The van der Waals surface area contributed by atoms with Crippen LogP contribution in [0, 0.1) is 0 Å². The maximum Gasteiger partial charge on any atom is 0.234 e. The molecule has 0 aromatic carbocycles. The molecule has 0 atom stereocenters. The highest BCUT2D eigenvalue weighted by Gasteiger charge is 2.23. The number of carbonyl (C=O) groups excluding carboxylic acids is 1. The van der Waals surface area contributed by atoms with Crippen LogP contribution in [0.25, 0.3) is 11.4 Å². The Morgan fingerprint density at radius 2 is 2.17 bits per heavy atom.